The van der Waals surface area contributed by atoms with E-state index in [1.165, 1.54) is 50.3 Å². The summed E-state index contributed by atoms with van der Waals surface area (Å²) in [7, 11) is 0. The zero-order valence-corrected chi connectivity index (χ0v) is 14.6. The molecule has 1 aliphatic heterocycles. The molecule has 1 aliphatic carbocycles. The van der Waals surface area contributed by atoms with Crippen LogP contribution in [0.15, 0.2) is 18.2 Å². The van der Waals surface area contributed by atoms with Gasteiger partial charge in [-0.15, -0.1) is 0 Å². The average Bonchev–Trinajstić information content (AvgIpc) is 2.79. The van der Waals surface area contributed by atoms with Gasteiger partial charge >= 0.3 is 0 Å². The van der Waals surface area contributed by atoms with Crippen LogP contribution in [-0.2, 0) is 4.74 Å². The standard InChI is InChI=1S/C18H25ClFNO3/c19-16-10-15(6-7-17(16)20)24-13-18(22)11-21(8-9-23-12-18)14-4-2-1-3-5-14/h6-7,10,14,22H,1-5,8-9,11-13H2/t18-/m0/s1. The van der Waals surface area contributed by atoms with Gasteiger partial charge in [0.15, 0.2) is 0 Å². The summed E-state index contributed by atoms with van der Waals surface area (Å²) in [5.41, 5.74) is -1.07. The second-order valence-corrected chi connectivity index (χ2v) is 7.31. The normalized spacial score (nSPS) is 27.0. The predicted octanol–water partition coefficient (Wildman–Crippen LogP) is 3.25. The monoisotopic (exact) mass is 357 g/mol. The van der Waals surface area contributed by atoms with E-state index in [0.717, 1.165) is 6.54 Å². The molecular weight excluding hydrogens is 333 g/mol. The first-order valence-electron chi connectivity index (χ1n) is 8.68. The number of β-amino-alcohol motifs (C(OH)–C–C–N with tert-alkyl or cyclic N) is 1. The molecule has 1 saturated heterocycles. The van der Waals surface area contributed by atoms with Crippen molar-refractivity contribution in [2.45, 2.75) is 43.7 Å². The highest BCUT2D eigenvalue weighted by Gasteiger charge is 2.36. The molecule has 24 heavy (non-hydrogen) atoms. The SMILES string of the molecule is O[C@]1(COc2ccc(F)c(Cl)c2)COCCN(C2CCCCC2)C1. The fourth-order valence-electron chi connectivity index (χ4n) is 3.58. The zero-order chi connectivity index (χ0) is 17.0. The average molecular weight is 358 g/mol. The van der Waals surface area contributed by atoms with E-state index in [-0.39, 0.29) is 18.2 Å². The van der Waals surface area contributed by atoms with Gasteiger partial charge in [-0.25, -0.2) is 4.39 Å². The van der Waals surface area contributed by atoms with Crippen LogP contribution in [0, 0.1) is 5.82 Å². The Labute approximate surface area is 147 Å². The maximum absolute atomic E-state index is 13.2. The predicted molar refractivity (Wildman–Crippen MR) is 91.1 cm³/mol. The van der Waals surface area contributed by atoms with Gasteiger partial charge in [-0.3, -0.25) is 4.90 Å². The van der Waals surface area contributed by atoms with Gasteiger partial charge in [0.2, 0.25) is 0 Å². The number of hydrogen-bond acceptors (Lipinski definition) is 4. The van der Waals surface area contributed by atoms with Crippen LogP contribution < -0.4 is 4.74 Å². The van der Waals surface area contributed by atoms with Crippen LogP contribution in [0.1, 0.15) is 32.1 Å². The van der Waals surface area contributed by atoms with Crippen molar-refractivity contribution in [3.63, 3.8) is 0 Å². The second-order valence-electron chi connectivity index (χ2n) is 6.90. The van der Waals surface area contributed by atoms with E-state index in [9.17, 15) is 9.50 Å². The topological polar surface area (TPSA) is 41.9 Å². The molecule has 0 amide bonds. The molecule has 1 aromatic carbocycles. The van der Waals surface area contributed by atoms with Crippen molar-refractivity contribution < 1.29 is 19.0 Å². The van der Waals surface area contributed by atoms with Crippen molar-refractivity contribution in [2.24, 2.45) is 0 Å². The zero-order valence-electron chi connectivity index (χ0n) is 13.8. The summed E-state index contributed by atoms with van der Waals surface area (Å²) in [5, 5.41) is 11.0. The largest absolute Gasteiger partial charge is 0.490 e. The van der Waals surface area contributed by atoms with E-state index in [1.807, 2.05) is 0 Å². The lowest BCUT2D eigenvalue weighted by atomic mass is 9.93. The number of rotatable bonds is 4. The highest BCUT2D eigenvalue weighted by molar-refractivity contribution is 6.30. The van der Waals surface area contributed by atoms with Gasteiger partial charge in [-0.1, -0.05) is 30.9 Å². The molecule has 0 unspecified atom stereocenters. The molecule has 0 aromatic heterocycles. The Hall–Kier alpha value is -0.880. The Kier molecular flexibility index (Phi) is 5.98. The molecule has 1 atom stereocenters. The van der Waals surface area contributed by atoms with Crippen molar-refractivity contribution in [3.05, 3.63) is 29.0 Å². The molecule has 1 heterocycles. The Morgan fingerprint density at radius 2 is 2.12 bits per heavy atom. The molecule has 3 rings (SSSR count). The van der Waals surface area contributed by atoms with Crippen LogP contribution in [0.25, 0.3) is 0 Å². The Bertz CT molecular complexity index is 553. The number of halogens is 2. The van der Waals surface area contributed by atoms with Crippen LogP contribution >= 0.6 is 11.6 Å². The lowest BCUT2D eigenvalue weighted by Crippen LogP contribution is -2.51. The van der Waals surface area contributed by atoms with E-state index in [4.69, 9.17) is 21.1 Å². The molecule has 2 fully saturated rings. The maximum atomic E-state index is 13.2. The molecule has 6 heteroatoms. The van der Waals surface area contributed by atoms with Gasteiger partial charge in [0, 0.05) is 25.2 Å². The number of benzene rings is 1. The summed E-state index contributed by atoms with van der Waals surface area (Å²) in [6, 6.07) is 4.73. The molecular formula is C18H25ClFNO3. The first kappa shape index (κ1) is 17.9. The van der Waals surface area contributed by atoms with Crippen LogP contribution in [0.3, 0.4) is 0 Å². The summed E-state index contributed by atoms with van der Waals surface area (Å²) in [4.78, 5) is 2.34. The quantitative estimate of drug-likeness (QED) is 0.898. The minimum absolute atomic E-state index is 0.0143. The molecule has 1 aromatic rings. The third-order valence-corrected chi connectivity index (χ3v) is 5.17. The van der Waals surface area contributed by atoms with E-state index >= 15 is 0 Å². The molecule has 2 aliphatic rings. The maximum Gasteiger partial charge on any atom is 0.142 e. The Balaban J connectivity index is 1.62. The molecule has 1 saturated carbocycles. The fraction of sp³-hybridized carbons (Fsp3) is 0.667. The lowest BCUT2D eigenvalue weighted by Gasteiger charge is -2.37. The van der Waals surface area contributed by atoms with Crippen molar-refractivity contribution in [3.8, 4) is 5.75 Å². The second kappa shape index (κ2) is 8.00. The minimum atomic E-state index is -1.07. The third kappa shape index (κ3) is 4.60. The highest BCUT2D eigenvalue weighted by Crippen LogP contribution is 2.26. The van der Waals surface area contributed by atoms with Crippen molar-refractivity contribution >= 4 is 11.6 Å². The molecule has 0 bridgehead atoms. The van der Waals surface area contributed by atoms with Crippen LogP contribution in [0.5, 0.6) is 5.75 Å². The van der Waals surface area contributed by atoms with Gasteiger partial charge in [0.05, 0.1) is 18.2 Å². The minimum Gasteiger partial charge on any atom is -0.490 e. The molecule has 4 nitrogen and oxygen atoms in total. The molecule has 134 valence electrons. The number of nitrogens with zero attached hydrogens (tertiary/aromatic N) is 1. The molecule has 0 spiro atoms. The number of aliphatic hydroxyl groups is 1. The molecule has 1 N–H and O–H groups in total. The van der Waals surface area contributed by atoms with Crippen LogP contribution in [-0.4, -0.2) is 54.6 Å². The summed E-state index contributed by atoms with van der Waals surface area (Å²) < 4.78 is 24.5. The van der Waals surface area contributed by atoms with E-state index in [0.29, 0.717) is 24.9 Å². The highest BCUT2D eigenvalue weighted by atomic mass is 35.5. The Morgan fingerprint density at radius 3 is 2.88 bits per heavy atom. The van der Waals surface area contributed by atoms with E-state index in [2.05, 4.69) is 4.90 Å². The first-order valence-corrected chi connectivity index (χ1v) is 9.06. The van der Waals surface area contributed by atoms with Gasteiger partial charge < -0.3 is 14.6 Å². The summed E-state index contributed by atoms with van der Waals surface area (Å²) in [5.74, 6) is -0.0349. The van der Waals surface area contributed by atoms with Gasteiger partial charge in [0.1, 0.15) is 23.8 Å². The van der Waals surface area contributed by atoms with Crippen LogP contribution in [0.2, 0.25) is 5.02 Å². The van der Waals surface area contributed by atoms with Crippen molar-refractivity contribution in [1.29, 1.82) is 0 Å². The Morgan fingerprint density at radius 1 is 1.33 bits per heavy atom. The summed E-state index contributed by atoms with van der Waals surface area (Å²) >= 11 is 5.77. The molecule has 0 radical (unpaired) electrons. The van der Waals surface area contributed by atoms with Crippen LogP contribution in [0.4, 0.5) is 4.39 Å². The number of hydrogen-bond donors (Lipinski definition) is 1. The summed E-state index contributed by atoms with van der Waals surface area (Å²) in [6.07, 6.45) is 6.19. The van der Waals surface area contributed by atoms with Crippen molar-refractivity contribution in [1.82, 2.24) is 4.90 Å². The first-order chi connectivity index (χ1) is 11.6. The van der Waals surface area contributed by atoms with E-state index < -0.39 is 11.4 Å². The third-order valence-electron chi connectivity index (χ3n) is 4.88. The lowest BCUT2D eigenvalue weighted by molar-refractivity contribution is -0.0681. The fourth-order valence-corrected chi connectivity index (χ4v) is 3.75. The van der Waals surface area contributed by atoms with Gasteiger partial charge in [-0.05, 0) is 25.0 Å². The van der Waals surface area contributed by atoms with Gasteiger partial charge in [-0.2, -0.15) is 0 Å². The van der Waals surface area contributed by atoms with E-state index in [1.54, 1.807) is 0 Å². The van der Waals surface area contributed by atoms with Crippen molar-refractivity contribution in [2.75, 3.05) is 32.9 Å². The smallest absolute Gasteiger partial charge is 0.142 e. The van der Waals surface area contributed by atoms with Gasteiger partial charge in [0.25, 0.3) is 0 Å². The summed E-state index contributed by atoms with van der Waals surface area (Å²) in [6.45, 7) is 2.34. The number of ether oxygens (including phenoxy) is 2.